The van der Waals surface area contributed by atoms with Gasteiger partial charge in [0.25, 0.3) is 5.56 Å². The Labute approximate surface area is 106 Å². The van der Waals surface area contributed by atoms with Crippen molar-refractivity contribution in [2.24, 2.45) is 0 Å². The van der Waals surface area contributed by atoms with Crippen molar-refractivity contribution in [1.82, 2.24) is 9.78 Å². The highest BCUT2D eigenvalue weighted by molar-refractivity contribution is 5.40. The fourth-order valence-corrected chi connectivity index (χ4v) is 2.45. The molecule has 1 fully saturated rings. The monoisotopic (exact) mass is 243 g/mol. The molecule has 0 bridgehead atoms. The maximum atomic E-state index is 12.0. The van der Waals surface area contributed by atoms with Crippen molar-refractivity contribution in [3.63, 3.8) is 0 Å². The van der Waals surface area contributed by atoms with Gasteiger partial charge in [0.2, 0.25) is 0 Å². The largest absolute Gasteiger partial charge is 0.357 e. The van der Waals surface area contributed by atoms with Crippen LogP contribution >= 0.6 is 0 Å². The average Bonchev–Trinajstić information content (AvgIpc) is 2.83. The molecule has 4 heteroatoms. The number of anilines is 1. The first kappa shape index (κ1) is 11.1. The van der Waals surface area contributed by atoms with Gasteiger partial charge >= 0.3 is 0 Å². The molecule has 0 unspecified atom stereocenters. The third-order valence-electron chi connectivity index (χ3n) is 3.42. The number of hydrogen-bond donors (Lipinski definition) is 1. The number of para-hydroxylation sites is 1. The van der Waals surface area contributed by atoms with Crippen LogP contribution < -0.4 is 10.5 Å². The van der Waals surface area contributed by atoms with E-state index in [1.807, 2.05) is 30.3 Å². The van der Waals surface area contributed by atoms with E-state index in [1.54, 1.807) is 10.7 Å². The molecule has 0 saturated carbocycles. The second-order valence-corrected chi connectivity index (χ2v) is 4.70. The lowest BCUT2D eigenvalue weighted by atomic mass is 10.1. The molecule has 1 aliphatic heterocycles. The zero-order valence-electron chi connectivity index (χ0n) is 10.3. The summed E-state index contributed by atoms with van der Waals surface area (Å²) in [7, 11) is 0. The summed E-state index contributed by atoms with van der Waals surface area (Å²) in [6.45, 7) is 2.07. The summed E-state index contributed by atoms with van der Waals surface area (Å²) in [6, 6.07) is 11.4. The van der Waals surface area contributed by atoms with Gasteiger partial charge in [0.1, 0.15) is 5.82 Å². The lowest BCUT2D eigenvalue weighted by molar-refractivity contribution is 0.571. The van der Waals surface area contributed by atoms with Crippen LogP contribution in [-0.4, -0.2) is 22.9 Å². The SMILES string of the molecule is O=c1cc(N2CCCCC2)[nH]n1-c1ccccc1. The number of hydrogen-bond acceptors (Lipinski definition) is 2. The van der Waals surface area contributed by atoms with Crippen molar-refractivity contribution < 1.29 is 0 Å². The Kier molecular flexibility index (Phi) is 2.92. The van der Waals surface area contributed by atoms with Gasteiger partial charge in [-0.2, -0.15) is 0 Å². The van der Waals surface area contributed by atoms with Crippen LogP contribution in [0.1, 0.15) is 19.3 Å². The molecular formula is C14H17N3O. The standard InChI is InChI=1S/C14H17N3O/c18-14-11-13(16-9-5-2-6-10-16)15-17(14)12-7-3-1-4-8-12/h1,3-4,7-8,11,15H,2,5-6,9-10H2. The van der Waals surface area contributed by atoms with Gasteiger partial charge in [-0.15, -0.1) is 0 Å². The Morgan fingerprint density at radius 1 is 1.00 bits per heavy atom. The number of rotatable bonds is 2. The molecule has 1 saturated heterocycles. The number of benzene rings is 1. The summed E-state index contributed by atoms with van der Waals surface area (Å²) in [5, 5.41) is 3.20. The van der Waals surface area contributed by atoms with Crippen molar-refractivity contribution in [3.8, 4) is 5.69 Å². The van der Waals surface area contributed by atoms with Crippen molar-refractivity contribution in [3.05, 3.63) is 46.8 Å². The summed E-state index contributed by atoms with van der Waals surface area (Å²) >= 11 is 0. The van der Waals surface area contributed by atoms with Gasteiger partial charge in [-0.05, 0) is 31.4 Å². The Morgan fingerprint density at radius 3 is 2.44 bits per heavy atom. The molecule has 1 aromatic carbocycles. The van der Waals surface area contributed by atoms with E-state index in [1.165, 1.54) is 19.3 Å². The minimum Gasteiger partial charge on any atom is -0.357 e. The molecule has 0 radical (unpaired) electrons. The molecular weight excluding hydrogens is 226 g/mol. The van der Waals surface area contributed by atoms with Gasteiger partial charge in [0.05, 0.1) is 5.69 Å². The Hall–Kier alpha value is -1.97. The van der Waals surface area contributed by atoms with Crippen LogP contribution in [0.2, 0.25) is 0 Å². The zero-order valence-corrected chi connectivity index (χ0v) is 10.3. The quantitative estimate of drug-likeness (QED) is 0.878. The number of aromatic amines is 1. The second-order valence-electron chi connectivity index (χ2n) is 4.70. The maximum absolute atomic E-state index is 12.0. The molecule has 0 amide bonds. The van der Waals surface area contributed by atoms with Gasteiger partial charge in [-0.1, -0.05) is 18.2 Å². The second kappa shape index (κ2) is 4.72. The molecule has 3 rings (SSSR count). The molecule has 1 aliphatic rings. The normalized spacial score (nSPS) is 15.9. The van der Waals surface area contributed by atoms with Crippen LogP contribution in [-0.2, 0) is 0 Å². The van der Waals surface area contributed by atoms with Crippen LogP contribution in [0.15, 0.2) is 41.2 Å². The first-order chi connectivity index (χ1) is 8.84. The molecule has 1 N–H and O–H groups in total. The van der Waals surface area contributed by atoms with Crippen LogP contribution in [0.4, 0.5) is 5.82 Å². The predicted octanol–water partition coefficient (Wildman–Crippen LogP) is 2.16. The van der Waals surface area contributed by atoms with Crippen LogP contribution in [0, 0.1) is 0 Å². The van der Waals surface area contributed by atoms with E-state index in [0.29, 0.717) is 0 Å². The predicted molar refractivity (Wildman–Crippen MR) is 72.5 cm³/mol. The van der Waals surface area contributed by atoms with Crippen molar-refractivity contribution in [2.75, 3.05) is 18.0 Å². The highest BCUT2D eigenvalue weighted by atomic mass is 16.1. The molecule has 1 aromatic heterocycles. The third kappa shape index (κ3) is 2.06. The van der Waals surface area contributed by atoms with Gasteiger partial charge in [0, 0.05) is 19.2 Å². The lowest BCUT2D eigenvalue weighted by Crippen LogP contribution is -2.29. The minimum atomic E-state index is 0.00164. The molecule has 4 nitrogen and oxygen atoms in total. The van der Waals surface area contributed by atoms with Gasteiger partial charge in [0.15, 0.2) is 0 Å². The van der Waals surface area contributed by atoms with Crippen LogP contribution in [0.25, 0.3) is 5.69 Å². The number of nitrogens with zero attached hydrogens (tertiary/aromatic N) is 2. The first-order valence-electron chi connectivity index (χ1n) is 6.47. The van der Waals surface area contributed by atoms with Gasteiger partial charge in [-0.3, -0.25) is 9.89 Å². The van der Waals surface area contributed by atoms with E-state index < -0.39 is 0 Å². The first-order valence-corrected chi connectivity index (χ1v) is 6.47. The Morgan fingerprint density at radius 2 is 1.72 bits per heavy atom. The number of aromatic nitrogens is 2. The van der Waals surface area contributed by atoms with E-state index in [-0.39, 0.29) is 5.56 Å². The zero-order chi connectivity index (χ0) is 12.4. The Bertz CT molecular complexity index is 564. The molecule has 0 aliphatic carbocycles. The number of nitrogens with one attached hydrogen (secondary N) is 1. The molecule has 94 valence electrons. The van der Waals surface area contributed by atoms with Crippen LogP contribution in [0.3, 0.4) is 0 Å². The van der Waals surface area contributed by atoms with Crippen molar-refractivity contribution in [2.45, 2.75) is 19.3 Å². The minimum absolute atomic E-state index is 0.00164. The maximum Gasteiger partial charge on any atom is 0.273 e. The van der Waals surface area contributed by atoms with Crippen molar-refractivity contribution in [1.29, 1.82) is 0 Å². The topological polar surface area (TPSA) is 41.0 Å². The highest BCUT2D eigenvalue weighted by Crippen LogP contribution is 2.16. The van der Waals surface area contributed by atoms with E-state index >= 15 is 0 Å². The molecule has 0 spiro atoms. The lowest BCUT2D eigenvalue weighted by Gasteiger charge is -2.26. The fraction of sp³-hybridized carbons (Fsp3) is 0.357. The van der Waals surface area contributed by atoms with E-state index in [9.17, 15) is 4.79 Å². The van der Waals surface area contributed by atoms with E-state index in [4.69, 9.17) is 0 Å². The van der Waals surface area contributed by atoms with E-state index in [0.717, 1.165) is 24.6 Å². The number of piperidine rings is 1. The summed E-state index contributed by atoms with van der Waals surface area (Å²) in [6.07, 6.45) is 3.71. The summed E-state index contributed by atoms with van der Waals surface area (Å²) < 4.78 is 1.60. The van der Waals surface area contributed by atoms with E-state index in [2.05, 4.69) is 10.00 Å². The molecule has 18 heavy (non-hydrogen) atoms. The summed E-state index contributed by atoms with van der Waals surface area (Å²) in [5.41, 5.74) is 0.882. The van der Waals surface area contributed by atoms with Crippen molar-refractivity contribution >= 4 is 5.82 Å². The molecule has 0 atom stereocenters. The smallest absolute Gasteiger partial charge is 0.273 e. The third-order valence-corrected chi connectivity index (χ3v) is 3.42. The number of H-pyrrole nitrogens is 1. The summed E-state index contributed by atoms with van der Waals surface area (Å²) in [5.74, 6) is 0.934. The molecule has 2 aromatic rings. The Balaban J connectivity index is 1.93. The highest BCUT2D eigenvalue weighted by Gasteiger charge is 2.14. The van der Waals surface area contributed by atoms with Crippen LogP contribution in [0.5, 0.6) is 0 Å². The average molecular weight is 243 g/mol. The van der Waals surface area contributed by atoms with Gasteiger partial charge in [-0.25, -0.2) is 4.68 Å². The molecule has 2 heterocycles. The summed E-state index contributed by atoms with van der Waals surface area (Å²) in [4.78, 5) is 14.2. The fourth-order valence-electron chi connectivity index (χ4n) is 2.45. The van der Waals surface area contributed by atoms with Gasteiger partial charge < -0.3 is 4.90 Å².